The Balaban J connectivity index is 2.05. The number of aliphatic hydroxyl groups excluding tert-OH is 1. The van der Waals surface area contributed by atoms with E-state index in [-0.39, 0.29) is 17.8 Å². The van der Waals surface area contributed by atoms with Gasteiger partial charge in [0, 0.05) is 12.0 Å². The van der Waals surface area contributed by atoms with Gasteiger partial charge in [-0.1, -0.05) is 31.9 Å². The van der Waals surface area contributed by atoms with Crippen LogP contribution >= 0.6 is 0 Å². The van der Waals surface area contributed by atoms with E-state index in [1.165, 1.54) is 6.08 Å². The highest BCUT2D eigenvalue weighted by Gasteiger charge is 2.32. The smallest absolute Gasteiger partial charge is 0.348 e. The van der Waals surface area contributed by atoms with Crippen LogP contribution in [0, 0.1) is 0 Å². The van der Waals surface area contributed by atoms with Gasteiger partial charge >= 0.3 is 5.97 Å². The second-order valence-corrected chi connectivity index (χ2v) is 4.63. The van der Waals surface area contributed by atoms with E-state index in [2.05, 4.69) is 0 Å². The number of rotatable bonds is 6. The summed E-state index contributed by atoms with van der Waals surface area (Å²) in [4.78, 5) is 11.6. The molecule has 0 aromatic heterocycles. The zero-order chi connectivity index (χ0) is 13.8. The topological polar surface area (TPSA) is 46.5 Å². The number of halogens is 1. The van der Waals surface area contributed by atoms with E-state index in [0.717, 1.165) is 12.8 Å². The summed E-state index contributed by atoms with van der Waals surface area (Å²) in [5.41, 5.74) is 0.699. The lowest BCUT2D eigenvalue weighted by atomic mass is 10.1. The van der Waals surface area contributed by atoms with Crippen molar-refractivity contribution >= 4 is 5.97 Å². The van der Waals surface area contributed by atoms with Crippen molar-refractivity contribution in [3.8, 4) is 0 Å². The summed E-state index contributed by atoms with van der Waals surface area (Å²) in [7, 11) is 0. The summed E-state index contributed by atoms with van der Waals surface area (Å²) in [6.45, 7) is 2.00. The van der Waals surface area contributed by atoms with Crippen molar-refractivity contribution in [3.05, 3.63) is 47.0 Å². The molecule has 0 amide bonds. The molecule has 0 fully saturated rings. The van der Waals surface area contributed by atoms with Crippen LogP contribution < -0.4 is 0 Å². The fourth-order valence-electron chi connectivity index (χ4n) is 2.09. The van der Waals surface area contributed by atoms with Gasteiger partial charge in [-0.05, 0) is 18.6 Å². The van der Waals surface area contributed by atoms with Gasteiger partial charge < -0.3 is 9.84 Å². The SMILES string of the molecule is CCCCC(F)C/C=C(/O)C1=C2C=CC=C2OC1=O. The maximum Gasteiger partial charge on any atom is 0.348 e. The maximum absolute atomic E-state index is 13.5. The van der Waals surface area contributed by atoms with Crippen LogP contribution in [0.15, 0.2) is 47.0 Å². The minimum absolute atomic E-state index is 0.110. The third kappa shape index (κ3) is 2.95. The van der Waals surface area contributed by atoms with Crippen molar-refractivity contribution in [2.24, 2.45) is 0 Å². The van der Waals surface area contributed by atoms with Crippen molar-refractivity contribution in [2.45, 2.75) is 38.8 Å². The van der Waals surface area contributed by atoms with Crippen molar-refractivity contribution in [1.82, 2.24) is 0 Å². The van der Waals surface area contributed by atoms with E-state index < -0.39 is 12.1 Å². The molecule has 0 aromatic rings. The number of fused-ring (bicyclic) bond motifs is 1. The second kappa shape index (κ2) is 5.87. The predicted molar refractivity (Wildman–Crippen MR) is 70.1 cm³/mol. The molecule has 1 aliphatic heterocycles. The van der Waals surface area contributed by atoms with Crippen LogP contribution in [-0.2, 0) is 9.53 Å². The molecule has 0 spiro atoms. The fourth-order valence-corrected chi connectivity index (χ4v) is 2.09. The number of unbranched alkanes of at least 4 members (excludes halogenated alkanes) is 1. The standard InChI is InChI=1S/C15H17FO3/c1-2-3-5-10(16)8-9-12(17)14-11-6-4-7-13(11)19-15(14)18/h4,6-7,9-10,17H,2-3,5,8H2,1H3/b12-9+. The minimum atomic E-state index is -0.987. The first-order chi connectivity index (χ1) is 9.13. The van der Waals surface area contributed by atoms with Gasteiger partial charge in [-0.2, -0.15) is 0 Å². The molecule has 102 valence electrons. The molecule has 1 aliphatic carbocycles. The van der Waals surface area contributed by atoms with E-state index in [0.29, 0.717) is 17.8 Å². The van der Waals surface area contributed by atoms with Gasteiger partial charge in [-0.3, -0.25) is 0 Å². The van der Waals surface area contributed by atoms with Gasteiger partial charge in [-0.25, -0.2) is 9.18 Å². The molecule has 0 radical (unpaired) electrons. The van der Waals surface area contributed by atoms with E-state index >= 15 is 0 Å². The summed E-state index contributed by atoms with van der Waals surface area (Å²) in [5, 5.41) is 9.92. The molecule has 0 saturated heterocycles. The number of allylic oxidation sites excluding steroid dienone is 4. The average Bonchev–Trinajstić information content (AvgIpc) is 2.93. The van der Waals surface area contributed by atoms with Crippen molar-refractivity contribution in [3.63, 3.8) is 0 Å². The zero-order valence-electron chi connectivity index (χ0n) is 10.9. The molecule has 2 aliphatic rings. The van der Waals surface area contributed by atoms with Crippen LogP contribution in [0.3, 0.4) is 0 Å². The molecule has 19 heavy (non-hydrogen) atoms. The summed E-state index contributed by atoms with van der Waals surface area (Å²) in [6, 6.07) is 0. The molecule has 1 atom stereocenters. The van der Waals surface area contributed by atoms with Crippen LogP contribution in [0.25, 0.3) is 0 Å². The molecule has 4 heteroatoms. The highest BCUT2D eigenvalue weighted by molar-refractivity contribution is 5.99. The average molecular weight is 264 g/mol. The minimum Gasteiger partial charge on any atom is -0.507 e. The van der Waals surface area contributed by atoms with Crippen molar-refractivity contribution < 1.29 is 19.0 Å². The van der Waals surface area contributed by atoms with E-state index in [1.54, 1.807) is 18.2 Å². The zero-order valence-corrected chi connectivity index (χ0v) is 10.9. The fraction of sp³-hybridized carbons (Fsp3) is 0.400. The molecule has 3 nitrogen and oxygen atoms in total. The number of hydrogen-bond acceptors (Lipinski definition) is 3. The van der Waals surface area contributed by atoms with Gasteiger partial charge in [0.25, 0.3) is 0 Å². The van der Waals surface area contributed by atoms with Crippen LogP contribution in [0.5, 0.6) is 0 Å². The Morgan fingerprint density at radius 1 is 1.58 bits per heavy atom. The highest BCUT2D eigenvalue weighted by Crippen LogP contribution is 2.34. The Morgan fingerprint density at radius 3 is 3.11 bits per heavy atom. The van der Waals surface area contributed by atoms with Crippen LogP contribution in [0.4, 0.5) is 4.39 Å². The van der Waals surface area contributed by atoms with Crippen molar-refractivity contribution in [2.75, 3.05) is 0 Å². The third-order valence-corrected chi connectivity index (χ3v) is 3.15. The number of ether oxygens (including phenoxy) is 1. The number of carbonyl (C=O) groups is 1. The maximum atomic E-state index is 13.5. The van der Waals surface area contributed by atoms with Gasteiger partial charge in [0.05, 0.1) is 0 Å². The van der Waals surface area contributed by atoms with Gasteiger partial charge in [0.15, 0.2) is 0 Å². The molecule has 0 bridgehead atoms. The number of carbonyl (C=O) groups excluding carboxylic acids is 1. The molecule has 1 N–H and O–H groups in total. The molecule has 1 unspecified atom stereocenters. The number of hydrogen-bond donors (Lipinski definition) is 1. The second-order valence-electron chi connectivity index (χ2n) is 4.63. The van der Waals surface area contributed by atoms with E-state index in [4.69, 9.17) is 4.74 Å². The first-order valence-corrected chi connectivity index (χ1v) is 6.52. The van der Waals surface area contributed by atoms with Gasteiger partial charge in [-0.15, -0.1) is 0 Å². The van der Waals surface area contributed by atoms with E-state index in [9.17, 15) is 14.3 Å². The lowest BCUT2D eigenvalue weighted by molar-refractivity contribution is -0.133. The molecular weight excluding hydrogens is 247 g/mol. The monoisotopic (exact) mass is 264 g/mol. The number of alkyl halides is 1. The summed E-state index contributed by atoms with van der Waals surface area (Å²) >= 11 is 0. The largest absolute Gasteiger partial charge is 0.507 e. The Labute approximate surface area is 111 Å². The first kappa shape index (κ1) is 13.6. The Morgan fingerprint density at radius 2 is 2.37 bits per heavy atom. The van der Waals surface area contributed by atoms with Crippen LogP contribution in [0.1, 0.15) is 32.6 Å². The Bertz CT molecular complexity index is 498. The first-order valence-electron chi connectivity index (χ1n) is 6.52. The Hall–Kier alpha value is -1.84. The van der Waals surface area contributed by atoms with Gasteiger partial charge in [0.2, 0.25) is 0 Å². The normalized spacial score (nSPS) is 19.6. The summed E-state index contributed by atoms with van der Waals surface area (Å²) in [6.07, 6.45) is 7.82. The van der Waals surface area contributed by atoms with E-state index in [1.807, 2.05) is 6.92 Å². The summed E-state index contributed by atoms with van der Waals surface area (Å²) in [5.74, 6) is -0.333. The van der Waals surface area contributed by atoms with Crippen LogP contribution in [0.2, 0.25) is 0 Å². The number of aliphatic hydroxyl groups is 1. The lowest BCUT2D eigenvalue weighted by Gasteiger charge is -2.04. The highest BCUT2D eigenvalue weighted by atomic mass is 19.1. The number of esters is 1. The van der Waals surface area contributed by atoms with Crippen molar-refractivity contribution in [1.29, 1.82) is 0 Å². The summed E-state index contributed by atoms with van der Waals surface area (Å²) < 4.78 is 18.5. The lowest BCUT2D eigenvalue weighted by Crippen LogP contribution is -2.04. The Kier molecular flexibility index (Phi) is 4.20. The molecule has 0 aromatic carbocycles. The third-order valence-electron chi connectivity index (χ3n) is 3.15. The molecular formula is C15H17FO3. The molecule has 2 rings (SSSR count). The molecule has 0 saturated carbocycles. The quantitative estimate of drug-likeness (QED) is 0.588. The molecule has 1 heterocycles. The van der Waals surface area contributed by atoms with Gasteiger partial charge in [0.1, 0.15) is 23.3 Å². The predicted octanol–water partition coefficient (Wildman–Crippen LogP) is 3.65. The van der Waals surface area contributed by atoms with Crippen LogP contribution in [-0.4, -0.2) is 17.2 Å².